The van der Waals surface area contributed by atoms with Gasteiger partial charge in [0.2, 0.25) is 0 Å². The first-order valence-electron chi connectivity index (χ1n) is 7.20. The number of benzene rings is 1. The zero-order valence-corrected chi connectivity index (χ0v) is 17.6. The molecular weight excluding hydrogens is 462 g/mol. The van der Waals surface area contributed by atoms with Crippen molar-refractivity contribution in [3.63, 3.8) is 0 Å². The van der Waals surface area contributed by atoms with Crippen molar-refractivity contribution < 1.29 is 4.74 Å². The van der Waals surface area contributed by atoms with E-state index in [-0.39, 0.29) is 30.1 Å². The van der Waals surface area contributed by atoms with Crippen LogP contribution in [0, 0.1) is 0 Å². The number of ether oxygens (including phenoxy) is 1. The smallest absolute Gasteiger partial charge is 0.193 e. The summed E-state index contributed by atoms with van der Waals surface area (Å²) in [6.45, 7) is 4.36. The molecule has 0 aliphatic rings. The van der Waals surface area contributed by atoms with Gasteiger partial charge in [-0.15, -0.1) is 24.0 Å². The van der Waals surface area contributed by atoms with Gasteiger partial charge in [0, 0.05) is 18.4 Å². The number of rotatable bonds is 5. The highest BCUT2D eigenvalue weighted by atomic mass is 127. The number of nitrogens with zero attached hydrogens (tertiary/aromatic N) is 2. The minimum absolute atomic E-state index is 0. The molecule has 0 aliphatic carbocycles. The van der Waals surface area contributed by atoms with E-state index < -0.39 is 0 Å². The highest BCUT2D eigenvalue weighted by molar-refractivity contribution is 14.0. The number of nitrogens with one attached hydrogen (secondary N) is 1. The van der Waals surface area contributed by atoms with Crippen molar-refractivity contribution in [3.8, 4) is 5.75 Å². The maximum absolute atomic E-state index is 6.02. The van der Waals surface area contributed by atoms with Gasteiger partial charge in [0.1, 0.15) is 10.9 Å². The van der Waals surface area contributed by atoms with E-state index in [0.29, 0.717) is 22.7 Å². The Hall–Kier alpha value is -1.12. The highest BCUT2D eigenvalue weighted by Crippen LogP contribution is 2.25. The van der Waals surface area contributed by atoms with Crippen LogP contribution in [-0.4, -0.2) is 16.6 Å². The summed E-state index contributed by atoms with van der Waals surface area (Å²) in [6.07, 6.45) is 0.143. The van der Waals surface area contributed by atoms with Crippen molar-refractivity contribution in [2.45, 2.75) is 26.5 Å². The molecule has 3 N–H and O–H groups in total. The summed E-state index contributed by atoms with van der Waals surface area (Å²) in [5.74, 6) is 1.13. The average molecular weight is 483 g/mol. The van der Waals surface area contributed by atoms with Crippen molar-refractivity contribution in [1.29, 1.82) is 0 Å². The Morgan fingerprint density at radius 2 is 1.92 bits per heavy atom. The van der Waals surface area contributed by atoms with Crippen LogP contribution in [0.15, 0.2) is 35.3 Å². The zero-order valence-electron chi connectivity index (χ0n) is 13.7. The van der Waals surface area contributed by atoms with Crippen LogP contribution in [0.25, 0.3) is 0 Å². The molecule has 0 unspecified atom stereocenters. The molecule has 0 saturated heterocycles. The normalized spacial score (nSPS) is 11.3. The molecule has 0 atom stereocenters. The predicted octanol–water partition coefficient (Wildman–Crippen LogP) is 4.66. The van der Waals surface area contributed by atoms with Crippen LogP contribution in [-0.2, 0) is 13.6 Å². The van der Waals surface area contributed by atoms with Crippen LogP contribution in [0.5, 0.6) is 5.75 Å². The summed E-state index contributed by atoms with van der Waals surface area (Å²) in [7, 11) is 1.83. The van der Waals surface area contributed by atoms with E-state index in [4.69, 9.17) is 33.7 Å². The number of halogens is 3. The fraction of sp³-hybridized carbons (Fsp3) is 0.312. The molecule has 8 heteroatoms. The van der Waals surface area contributed by atoms with Crippen LogP contribution >= 0.6 is 47.2 Å². The minimum atomic E-state index is 0. The number of hydrogen-bond donors (Lipinski definition) is 2. The molecule has 0 bridgehead atoms. The summed E-state index contributed by atoms with van der Waals surface area (Å²) in [5, 5.41) is 4.03. The van der Waals surface area contributed by atoms with Gasteiger partial charge in [0.05, 0.1) is 17.7 Å². The summed E-state index contributed by atoms with van der Waals surface area (Å²) in [4.78, 5) is 4.29. The fourth-order valence-electron chi connectivity index (χ4n) is 1.98. The Balaban J connectivity index is 0.00000288. The number of hydrogen-bond acceptors (Lipinski definition) is 2. The molecular formula is C16H21Cl2IN4O. The van der Waals surface area contributed by atoms with Gasteiger partial charge in [-0.1, -0.05) is 23.2 Å². The Bertz CT molecular complexity index is 699. The standard InChI is InChI=1S/C16H20Cl2N4O.HI/c1-10(2)23-13-6-4-11(5-7-13)21-16(19)20-9-12-8-14(17)15(18)22(12)3;/h4-8,10H,9H2,1-3H3,(H3,19,20,21);1H. The molecule has 5 nitrogen and oxygen atoms in total. The van der Waals surface area contributed by atoms with Crippen molar-refractivity contribution in [1.82, 2.24) is 4.57 Å². The molecule has 0 radical (unpaired) electrons. The third-order valence-electron chi connectivity index (χ3n) is 3.13. The van der Waals surface area contributed by atoms with Crippen LogP contribution in [0.1, 0.15) is 19.5 Å². The summed E-state index contributed by atoms with van der Waals surface area (Å²) < 4.78 is 7.37. The molecule has 24 heavy (non-hydrogen) atoms. The van der Waals surface area contributed by atoms with E-state index in [0.717, 1.165) is 17.1 Å². The molecule has 1 aromatic carbocycles. The number of guanidine groups is 1. The molecule has 0 amide bonds. The third kappa shape index (κ3) is 5.75. The van der Waals surface area contributed by atoms with E-state index >= 15 is 0 Å². The molecule has 1 heterocycles. The van der Waals surface area contributed by atoms with E-state index in [1.165, 1.54) is 0 Å². The quantitative estimate of drug-likeness (QED) is 0.370. The molecule has 0 fully saturated rings. The van der Waals surface area contributed by atoms with Crippen LogP contribution in [0.4, 0.5) is 5.69 Å². The maximum atomic E-state index is 6.02. The van der Waals surface area contributed by atoms with Gasteiger partial charge in [-0.25, -0.2) is 4.99 Å². The zero-order chi connectivity index (χ0) is 17.0. The first-order valence-corrected chi connectivity index (χ1v) is 7.95. The van der Waals surface area contributed by atoms with Gasteiger partial charge in [-0.2, -0.15) is 0 Å². The lowest BCUT2D eigenvalue weighted by Gasteiger charge is -2.11. The molecule has 2 rings (SSSR count). The number of aliphatic imine (C=N–C) groups is 1. The Morgan fingerprint density at radius 3 is 2.42 bits per heavy atom. The van der Waals surface area contributed by atoms with Crippen molar-refractivity contribution in [3.05, 3.63) is 46.2 Å². The first kappa shape index (κ1) is 20.9. The number of aromatic nitrogens is 1. The van der Waals surface area contributed by atoms with Gasteiger partial charge in [0.25, 0.3) is 0 Å². The average Bonchev–Trinajstić information content (AvgIpc) is 2.74. The van der Waals surface area contributed by atoms with E-state index in [9.17, 15) is 0 Å². The lowest BCUT2D eigenvalue weighted by Crippen LogP contribution is -2.22. The molecule has 2 aromatic rings. The minimum Gasteiger partial charge on any atom is -0.491 e. The van der Waals surface area contributed by atoms with Crippen LogP contribution in [0.2, 0.25) is 10.2 Å². The topological polar surface area (TPSA) is 64.6 Å². The second kappa shape index (κ2) is 9.39. The highest BCUT2D eigenvalue weighted by Gasteiger charge is 2.08. The van der Waals surface area contributed by atoms with Gasteiger partial charge >= 0.3 is 0 Å². The van der Waals surface area contributed by atoms with Gasteiger partial charge < -0.3 is 20.4 Å². The van der Waals surface area contributed by atoms with Gasteiger partial charge in [-0.05, 0) is 44.2 Å². The molecule has 132 valence electrons. The molecule has 0 saturated carbocycles. The molecule has 1 aromatic heterocycles. The third-order valence-corrected chi connectivity index (χ3v) is 3.97. The number of anilines is 1. The molecule has 0 spiro atoms. The molecule has 0 aliphatic heterocycles. The van der Waals surface area contributed by atoms with Crippen LogP contribution < -0.4 is 15.8 Å². The summed E-state index contributed by atoms with van der Waals surface area (Å²) >= 11 is 12.0. The maximum Gasteiger partial charge on any atom is 0.193 e. The van der Waals surface area contributed by atoms with Gasteiger partial charge in [-0.3, -0.25) is 0 Å². The number of nitrogens with two attached hydrogens (primary N) is 1. The fourth-order valence-corrected chi connectivity index (χ4v) is 2.40. The largest absolute Gasteiger partial charge is 0.491 e. The lowest BCUT2D eigenvalue weighted by atomic mass is 10.3. The second-order valence-electron chi connectivity index (χ2n) is 5.35. The lowest BCUT2D eigenvalue weighted by molar-refractivity contribution is 0.242. The van der Waals surface area contributed by atoms with Crippen molar-refractivity contribution in [2.75, 3.05) is 5.32 Å². The van der Waals surface area contributed by atoms with Crippen molar-refractivity contribution in [2.24, 2.45) is 17.8 Å². The first-order chi connectivity index (χ1) is 10.9. The Morgan fingerprint density at radius 1 is 1.29 bits per heavy atom. The Labute approximate surface area is 169 Å². The van der Waals surface area contributed by atoms with Gasteiger partial charge in [0.15, 0.2) is 5.96 Å². The second-order valence-corrected chi connectivity index (χ2v) is 6.12. The summed E-state index contributed by atoms with van der Waals surface area (Å²) in [5.41, 5.74) is 7.62. The predicted molar refractivity (Wildman–Crippen MR) is 112 cm³/mol. The Kier molecular flexibility index (Phi) is 8.18. The van der Waals surface area contributed by atoms with Crippen molar-refractivity contribution >= 4 is 58.8 Å². The SMILES string of the molecule is CC(C)Oc1ccc(NC(N)=NCc2cc(Cl)c(Cl)n2C)cc1.I. The van der Waals surface area contributed by atoms with E-state index in [1.807, 2.05) is 45.2 Å². The monoisotopic (exact) mass is 482 g/mol. The van der Waals surface area contributed by atoms with Crippen LogP contribution in [0.3, 0.4) is 0 Å². The van der Waals surface area contributed by atoms with E-state index in [1.54, 1.807) is 10.6 Å². The van der Waals surface area contributed by atoms with E-state index in [2.05, 4.69) is 10.3 Å². The summed E-state index contributed by atoms with van der Waals surface area (Å²) in [6, 6.07) is 9.31.